The maximum Gasteiger partial charge on any atom is 0.281 e. The average molecular weight is 560 g/mol. The van der Waals surface area contributed by atoms with Crippen LogP contribution in [0.1, 0.15) is 65.4 Å². The lowest BCUT2D eigenvalue weighted by Crippen LogP contribution is -2.32. The minimum absolute atomic E-state index is 0. The van der Waals surface area contributed by atoms with Crippen molar-refractivity contribution < 1.29 is 29.9 Å². The number of halogens is 1. The molecule has 3 aromatic rings. The van der Waals surface area contributed by atoms with Crippen LogP contribution in [0, 0.1) is 24.6 Å². The van der Waals surface area contributed by atoms with E-state index < -0.39 is 21.7 Å². The van der Waals surface area contributed by atoms with Crippen molar-refractivity contribution in [1.29, 1.82) is 0 Å². The van der Waals surface area contributed by atoms with Gasteiger partial charge in [-0.1, -0.05) is 32.8 Å². The van der Waals surface area contributed by atoms with Crippen LogP contribution in [-0.2, 0) is 10.0 Å². The number of amides is 1. The highest BCUT2D eigenvalue weighted by Crippen LogP contribution is 2.32. The molecule has 0 bridgehead atoms. The Labute approximate surface area is 232 Å². The minimum atomic E-state index is -4.24. The van der Waals surface area contributed by atoms with Gasteiger partial charge in [0.1, 0.15) is 23.2 Å². The van der Waals surface area contributed by atoms with Gasteiger partial charge in [-0.15, -0.1) is 0 Å². The van der Waals surface area contributed by atoms with E-state index in [1.54, 1.807) is 25.1 Å². The Morgan fingerprint density at radius 1 is 1.10 bits per heavy atom. The molecular formula is C29H38FN3O5S. The summed E-state index contributed by atoms with van der Waals surface area (Å²) in [5, 5.41) is -0.268. The van der Waals surface area contributed by atoms with Gasteiger partial charge >= 0.3 is 0 Å². The molecule has 10 heteroatoms. The second kappa shape index (κ2) is 12.1. The molecule has 39 heavy (non-hydrogen) atoms. The Morgan fingerprint density at radius 2 is 1.85 bits per heavy atom. The van der Waals surface area contributed by atoms with Gasteiger partial charge in [-0.3, -0.25) is 4.79 Å². The molecule has 1 atom stereocenters. The number of ether oxygens (including phenoxy) is 2. The Kier molecular flexibility index (Phi) is 8.84. The smallest absolute Gasteiger partial charge is 0.281 e. The molecule has 1 fully saturated rings. The van der Waals surface area contributed by atoms with Crippen molar-refractivity contribution in [2.24, 2.45) is 11.8 Å². The number of pyridine rings is 2. The lowest BCUT2D eigenvalue weighted by Gasteiger charge is -2.22. The predicted molar refractivity (Wildman–Crippen MR) is 150 cm³/mol. The quantitative estimate of drug-likeness (QED) is 0.315. The molecule has 1 aromatic carbocycles. The largest absolute Gasteiger partial charge is 0.493 e. The molecule has 1 N–H and O–H groups in total. The molecule has 2 aromatic heterocycles. The average Bonchev–Trinajstić information content (AvgIpc) is 3.42. The summed E-state index contributed by atoms with van der Waals surface area (Å²) < 4.78 is 54.2. The van der Waals surface area contributed by atoms with Crippen LogP contribution < -0.4 is 14.2 Å². The summed E-state index contributed by atoms with van der Waals surface area (Å²) in [6.07, 6.45) is 3.94. The number of carbonyl (C=O) groups excluding carboxylic acids is 1. The zero-order valence-corrected chi connectivity index (χ0v) is 23.4. The molecule has 8 nitrogen and oxygen atoms in total. The maximum absolute atomic E-state index is 14.5. The Hall–Kier alpha value is -3.53. The summed E-state index contributed by atoms with van der Waals surface area (Å²) in [6.45, 7) is 7.99. The van der Waals surface area contributed by atoms with Crippen molar-refractivity contribution in [2.45, 2.75) is 64.5 Å². The third kappa shape index (κ3) is 7.32. The van der Waals surface area contributed by atoms with E-state index in [4.69, 9.17) is 9.47 Å². The second-order valence-corrected chi connectivity index (χ2v) is 12.0. The standard InChI is InChI=1S/C29H34FN3O5S.2H2/c1-18(2)17-37-24-15-22(14-23(30)16-24)26-13-12-25(29(32-26)38-20(4)21-9-5-6-10-21)28(34)33-39(35,36)27-11-7-8-19(3)31-27;;/h7-8,11-16,18,20-21H,5-6,9-10,17H2,1-4H3,(H,33,34);2*1H. The molecule has 1 saturated carbocycles. The molecule has 1 amide bonds. The van der Waals surface area contributed by atoms with Crippen LogP contribution in [0.15, 0.2) is 53.6 Å². The van der Waals surface area contributed by atoms with Gasteiger partial charge in [-0.25, -0.2) is 19.1 Å². The van der Waals surface area contributed by atoms with Crippen LogP contribution in [-0.4, -0.2) is 37.0 Å². The van der Waals surface area contributed by atoms with Crippen molar-refractivity contribution in [3.05, 3.63) is 65.6 Å². The van der Waals surface area contributed by atoms with Crippen molar-refractivity contribution >= 4 is 15.9 Å². The molecule has 1 unspecified atom stereocenters. The highest BCUT2D eigenvalue weighted by Gasteiger charge is 2.28. The first-order valence-corrected chi connectivity index (χ1v) is 14.6. The van der Waals surface area contributed by atoms with Crippen LogP contribution in [0.5, 0.6) is 11.6 Å². The van der Waals surface area contributed by atoms with E-state index >= 15 is 0 Å². The SMILES string of the molecule is Cc1cccc(S(=O)(=O)NC(=O)c2ccc(-c3cc(F)cc(OCC(C)C)c3)nc2OC(C)C2CCCC2)n1.[HH].[HH]. The predicted octanol–water partition coefficient (Wildman–Crippen LogP) is 6.19. The summed E-state index contributed by atoms with van der Waals surface area (Å²) >= 11 is 0. The number of aromatic nitrogens is 2. The summed E-state index contributed by atoms with van der Waals surface area (Å²) in [4.78, 5) is 21.8. The van der Waals surface area contributed by atoms with Crippen molar-refractivity contribution in [3.8, 4) is 22.9 Å². The van der Waals surface area contributed by atoms with E-state index in [0.29, 0.717) is 29.3 Å². The van der Waals surface area contributed by atoms with E-state index in [1.807, 2.05) is 20.8 Å². The Balaban J connectivity index is 0.00000294. The van der Waals surface area contributed by atoms with Crippen molar-refractivity contribution in [3.63, 3.8) is 0 Å². The summed E-state index contributed by atoms with van der Waals surface area (Å²) in [5.41, 5.74) is 1.25. The molecule has 1 aliphatic carbocycles. The molecule has 0 saturated heterocycles. The summed E-state index contributed by atoms with van der Waals surface area (Å²) in [7, 11) is -4.24. The lowest BCUT2D eigenvalue weighted by molar-refractivity contribution is 0.0966. The Morgan fingerprint density at radius 3 is 2.54 bits per heavy atom. The fourth-order valence-electron chi connectivity index (χ4n) is 4.52. The maximum atomic E-state index is 14.5. The number of carbonyl (C=O) groups is 1. The van der Waals surface area contributed by atoms with E-state index in [-0.39, 0.29) is 37.3 Å². The highest BCUT2D eigenvalue weighted by molar-refractivity contribution is 7.90. The zero-order valence-electron chi connectivity index (χ0n) is 22.6. The van der Waals surface area contributed by atoms with E-state index in [2.05, 4.69) is 14.7 Å². The zero-order chi connectivity index (χ0) is 28.2. The molecule has 0 spiro atoms. The number of rotatable bonds is 10. The van der Waals surface area contributed by atoms with Gasteiger partial charge in [-0.2, -0.15) is 8.42 Å². The molecule has 4 rings (SSSR count). The van der Waals surface area contributed by atoms with Crippen LogP contribution in [0.25, 0.3) is 11.3 Å². The molecular weight excluding hydrogens is 521 g/mol. The summed E-state index contributed by atoms with van der Waals surface area (Å²) in [6, 6.07) is 11.8. The van der Waals surface area contributed by atoms with Crippen molar-refractivity contribution in [1.82, 2.24) is 14.7 Å². The van der Waals surface area contributed by atoms with Gasteiger partial charge in [0.2, 0.25) is 5.88 Å². The number of hydrogen-bond donors (Lipinski definition) is 1. The van der Waals surface area contributed by atoms with Crippen LogP contribution in [0.4, 0.5) is 4.39 Å². The number of hydrogen-bond acceptors (Lipinski definition) is 7. The molecule has 212 valence electrons. The van der Waals surface area contributed by atoms with E-state index in [1.165, 1.54) is 30.3 Å². The van der Waals surface area contributed by atoms with Gasteiger partial charge in [0.05, 0.1) is 12.3 Å². The molecule has 0 radical (unpaired) electrons. The number of nitrogens with zero attached hydrogens (tertiary/aromatic N) is 2. The van der Waals surface area contributed by atoms with Crippen molar-refractivity contribution in [2.75, 3.05) is 6.61 Å². The van der Waals surface area contributed by atoms with Crippen LogP contribution in [0.2, 0.25) is 0 Å². The first kappa shape index (κ1) is 28.5. The van der Waals surface area contributed by atoms with Gasteiger partial charge in [0.25, 0.3) is 15.9 Å². The third-order valence-corrected chi connectivity index (χ3v) is 7.81. The molecule has 2 heterocycles. The second-order valence-electron chi connectivity index (χ2n) is 10.3. The minimum Gasteiger partial charge on any atom is -0.493 e. The van der Waals surface area contributed by atoms with Crippen LogP contribution >= 0.6 is 0 Å². The normalized spacial score (nSPS) is 14.8. The first-order chi connectivity index (χ1) is 18.5. The van der Waals surface area contributed by atoms with E-state index in [0.717, 1.165) is 25.7 Å². The number of benzene rings is 1. The number of sulfonamides is 1. The first-order valence-electron chi connectivity index (χ1n) is 13.1. The Bertz CT molecular complexity index is 1450. The van der Waals surface area contributed by atoms with Gasteiger partial charge < -0.3 is 9.47 Å². The number of nitrogens with one attached hydrogen (secondary N) is 1. The van der Waals surface area contributed by atoms with Gasteiger partial charge in [0.15, 0.2) is 5.03 Å². The monoisotopic (exact) mass is 559 g/mol. The fourth-order valence-corrected chi connectivity index (χ4v) is 5.50. The number of aryl methyl sites for hydroxylation is 1. The van der Waals surface area contributed by atoms with Gasteiger partial charge in [0, 0.05) is 20.2 Å². The summed E-state index contributed by atoms with van der Waals surface area (Å²) in [5.74, 6) is -0.501. The fraction of sp³-hybridized carbons (Fsp3) is 0.414. The van der Waals surface area contributed by atoms with E-state index in [9.17, 15) is 17.6 Å². The third-order valence-electron chi connectivity index (χ3n) is 6.58. The van der Waals surface area contributed by atoms with Gasteiger partial charge in [-0.05, 0) is 74.9 Å². The molecule has 0 aliphatic heterocycles. The molecule has 1 aliphatic rings. The lowest BCUT2D eigenvalue weighted by atomic mass is 10.0. The topological polar surface area (TPSA) is 107 Å². The highest BCUT2D eigenvalue weighted by atomic mass is 32.2. The van der Waals surface area contributed by atoms with Crippen LogP contribution in [0.3, 0.4) is 0 Å².